The molecule has 0 radical (unpaired) electrons. The van der Waals surface area contributed by atoms with E-state index in [4.69, 9.17) is 10.5 Å². The van der Waals surface area contributed by atoms with Crippen molar-refractivity contribution in [3.8, 4) is 0 Å². The lowest BCUT2D eigenvalue weighted by molar-refractivity contribution is 0.0694. The average Bonchev–Trinajstić information content (AvgIpc) is 2.79. The lowest BCUT2D eigenvalue weighted by Crippen LogP contribution is -2.37. The van der Waals surface area contributed by atoms with Crippen LogP contribution >= 0.6 is 0 Å². The summed E-state index contributed by atoms with van der Waals surface area (Å²) in [7, 11) is 0. The molecule has 0 bridgehead atoms. The van der Waals surface area contributed by atoms with Crippen molar-refractivity contribution in [3.63, 3.8) is 0 Å². The van der Waals surface area contributed by atoms with Crippen molar-refractivity contribution in [1.29, 1.82) is 0 Å². The predicted octanol–water partition coefficient (Wildman–Crippen LogP) is 4.27. The second-order valence-corrected chi connectivity index (χ2v) is 6.03. The molecule has 2 nitrogen and oxygen atoms in total. The van der Waals surface area contributed by atoms with Crippen molar-refractivity contribution in [2.45, 2.75) is 90.2 Å². The molecule has 0 amide bonds. The third-order valence-electron chi connectivity index (χ3n) is 4.26. The molecule has 3 unspecified atom stereocenters. The Balaban J connectivity index is 1.91. The molecule has 18 heavy (non-hydrogen) atoms. The number of nitrogens with two attached hydrogens (primary N) is 1. The van der Waals surface area contributed by atoms with Crippen LogP contribution in [0.4, 0.5) is 0 Å². The molecule has 0 aliphatic carbocycles. The summed E-state index contributed by atoms with van der Waals surface area (Å²) in [6, 6.07) is 0.266. The van der Waals surface area contributed by atoms with Crippen LogP contribution in [0, 0.1) is 5.92 Å². The van der Waals surface area contributed by atoms with E-state index in [1.54, 1.807) is 0 Å². The van der Waals surface area contributed by atoms with Gasteiger partial charge in [-0.15, -0.1) is 0 Å². The van der Waals surface area contributed by atoms with Gasteiger partial charge in [0, 0.05) is 12.6 Å². The highest BCUT2D eigenvalue weighted by atomic mass is 16.5. The van der Waals surface area contributed by atoms with Gasteiger partial charge < -0.3 is 10.5 Å². The second-order valence-electron chi connectivity index (χ2n) is 6.03. The lowest BCUT2D eigenvalue weighted by Gasteiger charge is -2.22. The fourth-order valence-electron chi connectivity index (χ4n) is 2.94. The molecule has 1 heterocycles. The maximum Gasteiger partial charge on any atom is 0.0752 e. The van der Waals surface area contributed by atoms with Crippen molar-refractivity contribution in [2.24, 2.45) is 11.7 Å². The highest BCUT2D eigenvalue weighted by Crippen LogP contribution is 2.24. The molecule has 0 spiro atoms. The van der Waals surface area contributed by atoms with Gasteiger partial charge in [0.05, 0.1) is 6.10 Å². The summed E-state index contributed by atoms with van der Waals surface area (Å²) in [6.45, 7) is 5.45. The Bertz CT molecular complexity index is 196. The molecule has 0 aromatic carbocycles. The summed E-state index contributed by atoms with van der Waals surface area (Å²) in [5.41, 5.74) is 6.22. The molecule has 0 aromatic rings. The molecule has 1 rings (SSSR count). The first-order valence-electron chi connectivity index (χ1n) is 8.13. The van der Waals surface area contributed by atoms with Gasteiger partial charge in [-0.25, -0.2) is 0 Å². The Morgan fingerprint density at radius 3 is 2.22 bits per heavy atom. The molecule has 108 valence electrons. The summed E-state index contributed by atoms with van der Waals surface area (Å²) >= 11 is 0. The van der Waals surface area contributed by atoms with Crippen molar-refractivity contribution >= 4 is 0 Å². The molecule has 1 aliphatic heterocycles. The summed E-state index contributed by atoms with van der Waals surface area (Å²) in [5.74, 6) is 0.661. The lowest BCUT2D eigenvalue weighted by atomic mass is 9.94. The quantitative estimate of drug-likeness (QED) is 0.592. The number of ether oxygens (including phenoxy) is 1. The summed E-state index contributed by atoms with van der Waals surface area (Å²) < 4.78 is 5.72. The fraction of sp³-hybridized carbons (Fsp3) is 1.00. The third-order valence-corrected chi connectivity index (χ3v) is 4.26. The van der Waals surface area contributed by atoms with Crippen LogP contribution in [0.2, 0.25) is 0 Å². The molecular formula is C16H33NO. The molecule has 2 heteroatoms. The van der Waals surface area contributed by atoms with Gasteiger partial charge in [-0.3, -0.25) is 0 Å². The number of unbranched alkanes of at least 4 members (excludes halogenated alkanes) is 7. The first-order valence-corrected chi connectivity index (χ1v) is 8.13. The highest BCUT2D eigenvalue weighted by Gasteiger charge is 2.29. The minimum absolute atomic E-state index is 0.266. The Hall–Kier alpha value is -0.0800. The Morgan fingerprint density at radius 1 is 1.06 bits per heavy atom. The zero-order chi connectivity index (χ0) is 13.2. The van der Waals surface area contributed by atoms with Crippen LogP contribution in [0.3, 0.4) is 0 Å². The van der Waals surface area contributed by atoms with E-state index in [0.717, 1.165) is 13.0 Å². The van der Waals surface area contributed by atoms with Crippen molar-refractivity contribution in [2.75, 3.05) is 6.61 Å². The summed E-state index contributed by atoms with van der Waals surface area (Å²) in [5, 5.41) is 0. The van der Waals surface area contributed by atoms with Gasteiger partial charge in [0.1, 0.15) is 0 Å². The topological polar surface area (TPSA) is 35.2 Å². The van der Waals surface area contributed by atoms with E-state index < -0.39 is 0 Å². The van der Waals surface area contributed by atoms with E-state index in [-0.39, 0.29) is 6.04 Å². The minimum Gasteiger partial charge on any atom is -0.376 e. The molecule has 2 N–H and O–H groups in total. The SMILES string of the molecule is CCCCCCCCCCC(N)C1OCCC1C. The van der Waals surface area contributed by atoms with Crippen molar-refractivity contribution in [1.82, 2.24) is 0 Å². The molecule has 0 aromatic heterocycles. The van der Waals surface area contributed by atoms with Gasteiger partial charge in [-0.05, 0) is 18.8 Å². The van der Waals surface area contributed by atoms with E-state index in [1.807, 2.05) is 0 Å². The van der Waals surface area contributed by atoms with E-state index in [1.165, 1.54) is 57.8 Å². The molecule has 0 saturated carbocycles. The Labute approximate surface area is 114 Å². The number of rotatable bonds is 10. The first kappa shape index (κ1) is 16.0. The van der Waals surface area contributed by atoms with E-state index >= 15 is 0 Å². The van der Waals surface area contributed by atoms with Gasteiger partial charge in [0.2, 0.25) is 0 Å². The van der Waals surface area contributed by atoms with Gasteiger partial charge >= 0.3 is 0 Å². The fourth-order valence-corrected chi connectivity index (χ4v) is 2.94. The van der Waals surface area contributed by atoms with Crippen LogP contribution in [0.5, 0.6) is 0 Å². The predicted molar refractivity (Wildman–Crippen MR) is 78.7 cm³/mol. The smallest absolute Gasteiger partial charge is 0.0752 e. The van der Waals surface area contributed by atoms with E-state index in [0.29, 0.717) is 12.0 Å². The average molecular weight is 255 g/mol. The van der Waals surface area contributed by atoms with Crippen molar-refractivity contribution < 1.29 is 4.74 Å². The highest BCUT2D eigenvalue weighted by molar-refractivity contribution is 4.82. The van der Waals surface area contributed by atoms with Crippen LogP contribution < -0.4 is 5.73 Å². The second kappa shape index (κ2) is 9.80. The summed E-state index contributed by atoms with van der Waals surface area (Å²) in [6.07, 6.45) is 13.7. The maximum atomic E-state index is 6.22. The van der Waals surface area contributed by atoms with Crippen molar-refractivity contribution in [3.05, 3.63) is 0 Å². The zero-order valence-corrected chi connectivity index (χ0v) is 12.5. The van der Waals surface area contributed by atoms with Crippen LogP contribution in [-0.2, 0) is 4.74 Å². The molecular weight excluding hydrogens is 222 g/mol. The van der Waals surface area contributed by atoms with Gasteiger partial charge in [-0.2, -0.15) is 0 Å². The normalized spacial score (nSPS) is 25.5. The molecule has 1 aliphatic rings. The minimum atomic E-state index is 0.266. The zero-order valence-electron chi connectivity index (χ0n) is 12.5. The molecule has 1 saturated heterocycles. The monoisotopic (exact) mass is 255 g/mol. The largest absolute Gasteiger partial charge is 0.376 e. The van der Waals surface area contributed by atoms with Gasteiger partial charge in [0.25, 0.3) is 0 Å². The van der Waals surface area contributed by atoms with Gasteiger partial charge in [-0.1, -0.05) is 65.2 Å². The summed E-state index contributed by atoms with van der Waals surface area (Å²) in [4.78, 5) is 0. The van der Waals surface area contributed by atoms with Crippen LogP contribution in [0.1, 0.15) is 78.1 Å². The maximum absolute atomic E-state index is 6.22. The Morgan fingerprint density at radius 2 is 1.67 bits per heavy atom. The number of hydrogen-bond acceptors (Lipinski definition) is 2. The number of hydrogen-bond donors (Lipinski definition) is 1. The molecule has 3 atom stereocenters. The molecule has 1 fully saturated rings. The Kier molecular flexibility index (Phi) is 8.70. The van der Waals surface area contributed by atoms with E-state index in [9.17, 15) is 0 Å². The van der Waals surface area contributed by atoms with Crippen LogP contribution in [-0.4, -0.2) is 18.8 Å². The van der Waals surface area contributed by atoms with E-state index in [2.05, 4.69) is 13.8 Å². The van der Waals surface area contributed by atoms with Gasteiger partial charge in [0.15, 0.2) is 0 Å². The van der Waals surface area contributed by atoms with Crippen LogP contribution in [0.15, 0.2) is 0 Å². The van der Waals surface area contributed by atoms with Crippen LogP contribution in [0.25, 0.3) is 0 Å². The standard InChI is InChI=1S/C16H33NO/c1-3-4-5-6-7-8-9-10-11-15(17)16-14(2)12-13-18-16/h14-16H,3-13,17H2,1-2H3. The third kappa shape index (κ3) is 6.19. The first-order chi connectivity index (χ1) is 8.75.